The fraction of sp³-hybridized carbons (Fsp3) is 0.375. The van der Waals surface area contributed by atoms with Crippen molar-refractivity contribution >= 4 is 33.2 Å². The molecule has 2 aromatic carbocycles. The van der Waals surface area contributed by atoms with E-state index in [1.165, 1.54) is 22.5 Å². The van der Waals surface area contributed by atoms with Gasteiger partial charge in [-0.15, -0.1) is 6.58 Å². The second-order valence-corrected chi connectivity index (χ2v) is 10.2. The van der Waals surface area contributed by atoms with E-state index in [0.717, 1.165) is 38.9 Å². The highest BCUT2D eigenvalue weighted by atomic mass is 35.5. The number of halogens is 1. The van der Waals surface area contributed by atoms with Crippen molar-refractivity contribution in [2.24, 2.45) is 0 Å². The Kier molecular flexibility index (Phi) is 8.34. The van der Waals surface area contributed by atoms with Gasteiger partial charge < -0.3 is 10.2 Å². The molecule has 1 saturated heterocycles. The SMILES string of the molecule is C=CCN(c1ccccc1Cl)S(=O)(=O)c1cccc(C(=O)NC2CCN(CCC)CC2)c1. The summed E-state index contributed by atoms with van der Waals surface area (Å²) in [6.45, 7) is 8.89. The molecule has 3 rings (SSSR count). The van der Waals surface area contributed by atoms with Gasteiger partial charge in [-0.1, -0.05) is 42.8 Å². The molecule has 8 heteroatoms. The molecule has 0 atom stereocenters. The molecule has 1 fully saturated rings. The first-order chi connectivity index (χ1) is 15.4. The molecule has 1 aliphatic heterocycles. The predicted molar refractivity (Wildman–Crippen MR) is 130 cm³/mol. The van der Waals surface area contributed by atoms with Crippen molar-refractivity contribution in [2.75, 3.05) is 30.5 Å². The maximum atomic E-state index is 13.4. The molecule has 1 N–H and O–H groups in total. The molecule has 172 valence electrons. The molecule has 0 unspecified atom stereocenters. The summed E-state index contributed by atoms with van der Waals surface area (Å²) in [6, 6.07) is 13.0. The zero-order valence-electron chi connectivity index (χ0n) is 18.3. The van der Waals surface area contributed by atoms with Gasteiger partial charge in [0.05, 0.1) is 22.2 Å². The van der Waals surface area contributed by atoms with E-state index in [1.807, 2.05) is 0 Å². The number of nitrogens with one attached hydrogen (secondary N) is 1. The van der Waals surface area contributed by atoms with Crippen LogP contribution in [0.3, 0.4) is 0 Å². The van der Waals surface area contributed by atoms with Crippen molar-refractivity contribution in [2.45, 2.75) is 37.1 Å². The van der Waals surface area contributed by atoms with E-state index in [9.17, 15) is 13.2 Å². The fourth-order valence-corrected chi connectivity index (χ4v) is 5.70. The average Bonchev–Trinajstić information content (AvgIpc) is 2.79. The molecule has 2 aromatic rings. The van der Waals surface area contributed by atoms with Crippen LogP contribution >= 0.6 is 11.6 Å². The normalized spacial score (nSPS) is 15.3. The van der Waals surface area contributed by atoms with Gasteiger partial charge in [0, 0.05) is 24.7 Å². The highest BCUT2D eigenvalue weighted by molar-refractivity contribution is 7.92. The molecule has 1 heterocycles. The number of piperidine rings is 1. The second kappa shape index (κ2) is 11.0. The van der Waals surface area contributed by atoms with Crippen LogP contribution in [0.25, 0.3) is 0 Å². The number of benzene rings is 2. The number of likely N-dealkylation sites (tertiary alicyclic amines) is 1. The van der Waals surface area contributed by atoms with E-state index in [2.05, 4.69) is 23.7 Å². The minimum Gasteiger partial charge on any atom is -0.349 e. The maximum Gasteiger partial charge on any atom is 0.264 e. The van der Waals surface area contributed by atoms with Crippen LogP contribution in [0.2, 0.25) is 5.02 Å². The summed E-state index contributed by atoms with van der Waals surface area (Å²) in [7, 11) is -3.95. The van der Waals surface area contributed by atoms with Crippen LogP contribution in [-0.4, -0.2) is 51.4 Å². The van der Waals surface area contributed by atoms with Crippen molar-refractivity contribution in [1.29, 1.82) is 0 Å². The lowest BCUT2D eigenvalue weighted by atomic mass is 10.0. The van der Waals surface area contributed by atoms with Gasteiger partial charge in [0.2, 0.25) is 0 Å². The monoisotopic (exact) mass is 475 g/mol. The zero-order chi connectivity index (χ0) is 23.1. The van der Waals surface area contributed by atoms with Crippen LogP contribution in [-0.2, 0) is 10.0 Å². The first kappa shape index (κ1) is 24.3. The molecular formula is C24H30ClN3O3S. The van der Waals surface area contributed by atoms with Crippen LogP contribution in [0.1, 0.15) is 36.5 Å². The van der Waals surface area contributed by atoms with Gasteiger partial charge in [-0.3, -0.25) is 9.10 Å². The third kappa shape index (κ3) is 5.71. The first-order valence-corrected chi connectivity index (χ1v) is 12.7. The first-order valence-electron chi connectivity index (χ1n) is 10.9. The van der Waals surface area contributed by atoms with Crippen molar-refractivity contribution < 1.29 is 13.2 Å². The number of amides is 1. The molecule has 0 aliphatic carbocycles. The number of sulfonamides is 1. The largest absolute Gasteiger partial charge is 0.349 e. The van der Waals surface area contributed by atoms with Gasteiger partial charge in [-0.05, 0) is 56.1 Å². The number of hydrogen-bond donors (Lipinski definition) is 1. The Hall–Kier alpha value is -2.35. The molecule has 1 amide bonds. The van der Waals surface area contributed by atoms with Gasteiger partial charge in [-0.2, -0.15) is 0 Å². The number of rotatable bonds is 9. The topological polar surface area (TPSA) is 69.7 Å². The summed E-state index contributed by atoms with van der Waals surface area (Å²) in [4.78, 5) is 15.3. The van der Waals surface area contributed by atoms with E-state index in [-0.39, 0.29) is 23.4 Å². The lowest BCUT2D eigenvalue weighted by molar-refractivity contribution is 0.0911. The lowest BCUT2D eigenvalue weighted by Gasteiger charge is -2.32. The van der Waals surface area contributed by atoms with Crippen LogP contribution in [0, 0.1) is 0 Å². The summed E-state index contributed by atoms with van der Waals surface area (Å²) in [6.07, 6.45) is 4.41. The number of hydrogen-bond acceptors (Lipinski definition) is 4. The van der Waals surface area contributed by atoms with Crippen LogP contribution < -0.4 is 9.62 Å². The van der Waals surface area contributed by atoms with E-state index in [4.69, 9.17) is 11.6 Å². The Morgan fingerprint density at radius 2 is 1.94 bits per heavy atom. The summed E-state index contributed by atoms with van der Waals surface area (Å²) < 4.78 is 28.0. The van der Waals surface area contributed by atoms with Crippen LogP contribution in [0.15, 0.2) is 66.1 Å². The Balaban J connectivity index is 1.79. The van der Waals surface area contributed by atoms with Crippen LogP contribution in [0.5, 0.6) is 0 Å². The summed E-state index contributed by atoms with van der Waals surface area (Å²) in [5.41, 5.74) is 0.683. The predicted octanol–water partition coefficient (Wildman–Crippen LogP) is 4.33. The minimum atomic E-state index is -3.95. The average molecular weight is 476 g/mol. The highest BCUT2D eigenvalue weighted by Crippen LogP contribution is 2.30. The number of anilines is 1. The third-order valence-corrected chi connectivity index (χ3v) is 7.66. The fourth-order valence-electron chi connectivity index (χ4n) is 3.91. The number of nitrogens with zero attached hydrogens (tertiary/aromatic N) is 2. The molecule has 1 aliphatic rings. The van der Waals surface area contributed by atoms with E-state index in [0.29, 0.717) is 16.3 Å². The van der Waals surface area contributed by atoms with Crippen LogP contribution in [0.4, 0.5) is 5.69 Å². The Labute approximate surface area is 195 Å². The lowest BCUT2D eigenvalue weighted by Crippen LogP contribution is -2.44. The summed E-state index contributed by atoms with van der Waals surface area (Å²) in [5.74, 6) is -0.260. The van der Waals surface area contributed by atoms with Gasteiger partial charge in [-0.25, -0.2) is 8.42 Å². The van der Waals surface area contributed by atoms with Gasteiger partial charge in [0.25, 0.3) is 15.9 Å². The smallest absolute Gasteiger partial charge is 0.264 e. The second-order valence-electron chi connectivity index (χ2n) is 7.89. The number of para-hydroxylation sites is 1. The van der Waals surface area contributed by atoms with E-state index >= 15 is 0 Å². The number of carbonyl (C=O) groups is 1. The molecule has 0 spiro atoms. The maximum absolute atomic E-state index is 13.4. The van der Waals surface area contributed by atoms with Gasteiger partial charge >= 0.3 is 0 Å². The third-order valence-electron chi connectivity index (χ3n) is 5.56. The van der Waals surface area contributed by atoms with E-state index in [1.54, 1.807) is 36.4 Å². The molecule has 0 radical (unpaired) electrons. The summed E-state index contributed by atoms with van der Waals surface area (Å²) in [5, 5.41) is 3.38. The Bertz CT molecular complexity index is 1050. The Morgan fingerprint density at radius 1 is 1.22 bits per heavy atom. The van der Waals surface area contributed by atoms with Crippen molar-refractivity contribution in [3.8, 4) is 0 Å². The van der Waals surface area contributed by atoms with Crippen molar-refractivity contribution in [1.82, 2.24) is 10.2 Å². The highest BCUT2D eigenvalue weighted by Gasteiger charge is 2.27. The minimum absolute atomic E-state index is 0.0321. The van der Waals surface area contributed by atoms with Crippen molar-refractivity contribution in [3.05, 3.63) is 71.8 Å². The molecule has 6 nitrogen and oxygen atoms in total. The van der Waals surface area contributed by atoms with E-state index < -0.39 is 10.0 Å². The molecule has 0 bridgehead atoms. The van der Waals surface area contributed by atoms with Gasteiger partial charge in [0.15, 0.2) is 0 Å². The Morgan fingerprint density at radius 3 is 2.59 bits per heavy atom. The van der Waals surface area contributed by atoms with Gasteiger partial charge in [0.1, 0.15) is 0 Å². The molecule has 0 aromatic heterocycles. The number of carbonyl (C=O) groups excluding carboxylic acids is 1. The quantitative estimate of drug-likeness (QED) is 0.548. The molecule has 32 heavy (non-hydrogen) atoms. The zero-order valence-corrected chi connectivity index (χ0v) is 19.9. The standard InChI is InChI=1S/C24H30ClN3O3S/c1-3-14-27-16-12-20(13-17-27)26-24(29)19-8-7-9-21(18-19)32(30,31)28(15-4-2)23-11-6-5-10-22(23)25/h4-11,18,20H,2-3,12-17H2,1H3,(H,26,29). The van der Waals surface area contributed by atoms with Crippen molar-refractivity contribution in [3.63, 3.8) is 0 Å². The molecular weight excluding hydrogens is 446 g/mol. The summed E-state index contributed by atoms with van der Waals surface area (Å²) >= 11 is 6.26. The molecule has 0 saturated carbocycles.